The summed E-state index contributed by atoms with van der Waals surface area (Å²) in [6.45, 7) is 4.54. The highest BCUT2D eigenvalue weighted by atomic mass is 16.5. The van der Waals surface area contributed by atoms with Crippen LogP contribution >= 0.6 is 0 Å². The molecule has 4 nitrogen and oxygen atoms in total. The number of benzene rings is 2. The molecule has 0 aliphatic heterocycles. The molecule has 0 saturated carbocycles. The molecule has 3 aromatic rings. The molecule has 23 heavy (non-hydrogen) atoms. The lowest BCUT2D eigenvalue weighted by Crippen LogP contribution is -2.09. The van der Waals surface area contributed by atoms with Crippen LogP contribution in [0.2, 0.25) is 0 Å². The Labute approximate surface area is 134 Å². The van der Waals surface area contributed by atoms with Crippen molar-refractivity contribution in [1.82, 2.24) is 0 Å². The van der Waals surface area contributed by atoms with E-state index in [2.05, 4.69) is 0 Å². The molecule has 2 aromatic carbocycles. The molecule has 3 rings (SSSR count). The Morgan fingerprint density at radius 3 is 2.30 bits per heavy atom. The number of para-hydroxylation sites is 1. The average molecular weight is 310 g/mol. The van der Waals surface area contributed by atoms with Crippen molar-refractivity contribution in [2.45, 2.75) is 13.8 Å². The Morgan fingerprint density at radius 2 is 1.57 bits per heavy atom. The van der Waals surface area contributed by atoms with Gasteiger partial charge in [0, 0.05) is 17.0 Å². The summed E-state index contributed by atoms with van der Waals surface area (Å²) >= 11 is 0. The predicted molar refractivity (Wildman–Crippen MR) is 89.4 cm³/mol. The lowest BCUT2D eigenvalue weighted by atomic mass is 10.1. The highest BCUT2D eigenvalue weighted by Gasteiger charge is 2.08. The molecule has 4 heteroatoms. The first-order valence-corrected chi connectivity index (χ1v) is 7.50. The molecule has 118 valence electrons. The van der Waals surface area contributed by atoms with Crippen LogP contribution in [0.5, 0.6) is 11.5 Å². The Balaban J connectivity index is 1.67. The fraction of sp³-hybridized carbons (Fsp3) is 0.211. The standard InChI is InChI=1S/C19H18O4/c1-13-14(2)19(20)23-18-12-16(8-9-17(13)18)22-11-10-21-15-6-4-3-5-7-15/h3-9,12H,10-11H2,1-2H3. The highest BCUT2D eigenvalue weighted by molar-refractivity contribution is 5.82. The van der Waals surface area contributed by atoms with Crippen molar-refractivity contribution in [3.05, 3.63) is 70.1 Å². The number of aryl methyl sites for hydroxylation is 1. The lowest BCUT2D eigenvalue weighted by molar-refractivity contribution is 0.217. The van der Waals surface area contributed by atoms with Gasteiger partial charge >= 0.3 is 5.63 Å². The maximum atomic E-state index is 11.8. The van der Waals surface area contributed by atoms with E-state index in [0.717, 1.165) is 16.7 Å². The first kappa shape index (κ1) is 15.2. The van der Waals surface area contributed by atoms with Gasteiger partial charge < -0.3 is 13.9 Å². The van der Waals surface area contributed by atoms with E-state index in [1.807, 2.05) is 49.4 Å². The zero-order valence-corrected chi connectivity index (χ0v) is 13.2. The molecule has 0 spiro atoms. The molecule has 0 atom stereocenters. The van der Waals surface area contributed by atoms with Gasteiger partial charge in [-0.3, -0.25) is 0 Å². The number of fused-ring (bicyclic) bond motifs is 1. The summed E-state index contributed by atoms with van der Waals surface area (Å²) in [4.78, 5) is 11.8. The van der Waals surface area contributed by atoms with Crippen molar-refractivity contribution < 1.29 is 13.9 Å². The van der Waals surface area contributed by atoms with Crippen LogP contribution in [0.4, 0.5) is 0 Å². The minimum Gasteiger partial charge on any atom is -0.490 e. The summed E-state index contributed by atoms with van der Waals surface area (Å²) in [5.74, 6) is 1.47. The van der Waals surface area contributed by atoms with E-state index in [9.17, 15) is 4.79 Å². The van der Waals surface area contributed by atoms with Crippen molar-refractivity contribution in [3.63, 3.8) is 0 Å². The van der Waals surface area contributed by atoms with Crippen LogP contribution in [-0.2, 0) is 0 Å². The Kier molecular flexibility index (Phi) is 4.33. The fourth-order valence-corrected chi connectivity index (χ4v) is 2.35. The maximum Gasteiger partial charge on any atom is 0.339 e. The zero-order chi connectivity index (χ0) is 16.2. The Hall–Kier alpha value is -2.75. The fourth-order valence-electron chi connectivity index (χ4n) is 2.35. The van der Waals surface area contributed by atoms with Crippen LogP contribution in [0.15, 0.2) is 57.7 Å². The van der Waals surface area contributed by atoms with Crippen LogP contribution in [0.25, 0.3) is 11.0 Å². The van der Waals surface area contributed by atoms with Gasteiger partial charge in [0.25, 0.3) is 0 Å². The van der Waals surface area contributed by atoms with Gasteiger partial charge in [-0.2, -0.15) is 0 Å². The SMILES string of the molecule is Cc1c(C)c2ccc(OCCOc3ccccc3)cc2oc1=O. The number of hydrogen-bond acceptors (Lipinski definition) is 4. The Bertz CT molecular complexity index is 866. The average Bonchev–Trinajstić information content (AvgIpc) is 2.57. The minimum absolute atomic E-state index is 0.306. The van der Waals surface area contributed by atoms with Crippen molar-refractivity contribution in [2.24, 2.45) is 0 Å². The molecular weight excluding hydrogens is 292 g/mol. The van der Waals surface area contributed by atoms with Crippen LogP contribution in [0.3, 0.4) is 0 Å². The molecule has 0 amide bonds. The van der Waals surface area contributed by atoms with Gasteiger partial charge in [-0.1, -0.05) is 18.2 Å². The molecule has 0 aliphatic carbocycles. The molecular formula is C19H18O4. The van der Waals surface area contributed by atoms with Crippen LogP contribution in [0, 0.1) is 13.8 Å². The third-order valence-electron chi connectivity index (χ3n) is 3.79. The minimum atomic E-state index is -0.306. The zero-order valence-electron chi connectivity index (χ0n) is 13.2. The second-order valence-electron chi connectivity index (χ2n) is 5.31. The van der Waals surface area contributed by atoms with Crippen molar-refractivity contribution in [1.29, 1.82) is 0 Å². The van der Waals surface area contributed by atoms with Gasteiger partial charge in [0.1, 0.15) is 30.3 Å². The molecule has 0 aliphatic rings. The predicted octanol–water partition coefficient (Wildman–Crippen LogP) is 3.87. The number of hydrogen-bond donors (Lipinski definition) is 0. The van der Waals surface area contributed by atoms with E-state index < -0.39 is 0 Å². The van der Waals surface area contributed by atoms with E-state index in [0.29, 0.717) is 30.1 Å². The normalized spacial score (nSPS) is 10.7. The van der Waals surface area contributed by atoms with E-state index in [1.165, 1.54) is 0 Å². The van der Waals surface area contributed by atoms with Gasteiger partial charge in [-0.25, -0.2) is 4.79 Å². The van der Waals surface area contributed by atoms with Crippen LogP contribution in [0.1, 0.15) is 11.1 Å². The monoisotopic (exact) mass is 310 g/mol. The Morgan fingerprint density at radius 1 is 0.870 bits per heavy atom. The molecule has 0 unspecified atom stereocenters. The van der Waals surface area contributed by atoms with Crippen LogP contribution in [-0.4, -0.2) is 13.2 Å². The number of ether oxygens (including phenoxy) is 2. The second kappa shape index (κ2) is 6.57. The largest absolute Gasteiger partial charge is 0.490 e. The second-order valence-corrected chi connectivity index (χ2v) is 5.31. The molecule has 1 heterocycles. The number of rotatable bonds is 5. The first-order valence-electron chi connectivity index (χ1n) is 7.50. The van der Waals surface area contributed by atoms with E-state index in [1.54, 1.807) is 13.0 Å². The molecule has 0 fully saturated rings. The van der Waals surface area contributed by atoms with Crippen LogP contribution < -0.4 is 15.1 Å². The molecule has 1 aromatic heterocycles. The lowest BCUT2D eigenvalue weighted by Gasteiger charge is -2.09. The summed E-state index contributed by atoms with van der Waals surface area (Å²) in [5, 5.41) is 0.926. The van der Waals surface area contributed by atoms with Gasteiger partial charge in [0.2, 0.25) is 0 Å². The van der Waals surface area contributed by atoms with Gasteiger partial charge in [0.05, 0.1) is 0 Å². The summed E-state index contributed by atoms with van der Waals surface area (Å²) in [6, 6.07) is 15.1. The van der Waals surface area contributed by atoms with E-state index in [4.69, 9.17) is 13.9 Å². The smallest absolute Gasteiger partial charge is 0.339 e. The molecule has 0 bridgehead atoms. The summed E-state index contributed by atoms with van der Waals surface area (Å²) in [5.41, 5.74) is 1.82. The summed E-state index contributed by atoms with van der Waals surface area (Å²) < 4.78 is 16.6. The summed E-state index contributed by atoms with van der Waals surface area (Å²) in [7, 11) is 0. The van der Waals surface area contributed by atoms with E-state index >= 15 is 0 Å². The van der Waals surface area contributed by atoms with Crippen molar-refractivity contribution in [3.8, 4) is 11.5 Å². The quantitative estimate of drug-likeness (QED) is 0.530. The maximum absolute atomic E-state index is 11.8. The third kappa shape index (κ3) is 3.37. The highest BCUT2D eigenvalue weighted by Crippen LogP contribution is 2.23. The molecule has 0 radical (unpaired) electrons. The topological polar surface area (TPSA) is 48.7 Å². The molecule has 0 saturated heterocycles. The van der Waals surface area contributed by atoms with Gasteiger partial charge in [-0.15, -0.1) is 0 Å². The van der Waals surface area contributed by atoms with E-state index in [-0.39, 0.29) is 5.63 Å². The van der Waals surface area contributed by atoms with Crippen molar-refractivity contribution in [2.75, 3.05) is 13.2 Å². The van der Waals surface area contributed by atoms with Gasteiger partial charge in [-0.05, 0) is 43.7 Å². The van der Waals surface area contributed by atoms with Gasteiger partial charge in [0.15, 0.2) is 0 Å². The molecule has 0 N–H and O–H groups in total. The van der Waals surface area contributed by atoms with Crippen molar-refractivity contribution >= 4 is 11.0 Å². The third-order valence-corrected chi connectivity index (χ3v) is 3.79. The first-order chi connectivity index (χ1) is 11.1. The summed E-state index contributed by atoms with van der Waals surface area (Å²) in [6.07, 6.45) is 0.